The van der Waals surface area contributed by atoms with Gasteiger partial charge in [-0.2, -0.15) is 0 Å². The van der Waals surface area contributed by atoms with Gasteiger partial charge in [0.25, 0.3) is 0 Å². The van der Waals surface area contributed by atoms with Crippen molar-refractivity contribution in [1.82, 2.24) is 34.5 Å². The van der Waals surface area contributed by atoms with Crippen molar-refractivity contribution in [1.29, 1.82) is 0 Å². The number of aromatic nitrogens is 7. The summed E-state index contributed by atoms with van der Waals surface area (Å²) in [5.41, 5.74) is 2.95. The largest absolute Gasteiger partial charge is 0.341 e. The highest BCUT2D eigenvalue weighted by Gasteiger charge is 2.26. The van der Waals surface area contributed by atoms with Crippen LogP contribution in [0.5, 0.6) is 0 Å². The SMILES string of the molecule is Cc1nc(S(C)(=O)=O)ccc1Nc1nccn2c(C3CCN(c4ncc(C(C)C)cn4)CC3)nnc12. The Hall–Kier alpha value is -3.67. The van der Waals surface area contributed by atoms with E-state index in [1.807, 2.05) is 23.0 Å². The minimum atomic E-state index is -3.38. The number of hydrogen-bond acceptors (Lipinski definition) is 10. The van der Waals surface area contributed by atoms with Crippen molar-refractivity contribution in [3.05, 3.63) is 54.0 Å². The molecule has 4 aromatic rings. The molecule has 5 rings (SSSR count). The van der Waals surface area contributed by atoms with Crippen molar-refractivity contribution < 1.29 is 8.42 Å². The molecule has 0 amide bonds. The summed E-state index contributed by atoms with van der Waals surface area (Å²) in [4.78, 5) is 20.0. The molecule has 4 aromatic heterocycles. The van der Waals surface area contributed by atoms with Crippen molar-refractivity contribution in [3.63, 3.8) is 0 Å². The molecule has 0 saturated carbocycles. The number of fused-ring (bicyclic) bond motifs is 1. The Balaban J connectivity index is 1.32. The average Bonchev–Trinajstić information content (AvgIpc) is 3.30. The molecule has 1 aliphatic heterocycles. The highest BCUT2D eigenvalue weighted by molar-refractivity contribution is 7.90. The van der Waals surface area contributed by atoms with Gasteiger partial charge in [-0.05, 0) is 43.4 Å². The van der Waals surface area contributed by atoms with E-state index in [0.717, 1.165) is 49.5 Å². The van der Waals surface area contributed by atoms with E-state index in [2.05, 4.69) is 54.2 Å². The number of sulfone groups is 1. The summed E-state index contributed by atoms with van der Waals surface area (Å²) in [6.07, 6.45) is 10.4. The van der Waals surface area contributed by atoms with Crippen LogP contribution in [-0.4, -0.2) is 62.3 Å². The van der Waals surface area contributed by atoms with Crippen molar-refractivity contribution in [2.75, 3.05) is 29.6 Å². The van der Waals surface area contributed by atoms with Crippen LogP contribution in [0.1, 0.15) is 55.6 Å². The first kappa shape index (κ1) is 24.0. The second-order valence-corrected chi connectivity index (χ2v) is 11.4. The molecule has 0 spiro atoms. The van der Waals surface area contributed by atoms with Gasteiger partial charge in [-0.25, -0.2) is 28.4 Å². The predicted molar refractivity (Wildman–Crippen MR) is 136 cm³/mol. The van der Waals surface area contributed by atoms with E-state index in [0.29, 0.717) is 28.8 Å². The van der Waals surface area contributed by atoms with Crippen LogP contribution in [0.25, 0.3) is 5.65 Å². The van der Waals surface area contributed by atoms with Gasteiger partial charge in [-0.3, -0.25) is 4.40 Å². The summed E-state index contributed by atoms with van der Waals surface area (Å²) < 4.78 is 25.6. The van der Waals surface area contributed by atoms with Gasteiger partial charge in [0.05, 0.1) is 11.4 Å². The van der Waals surface area contributed by atoms with Crippen molar-refractivity contribution >= 4 is 32.9 Å². The number of nitrogens with one attached hydrogen (secondary N) is 1. The van der Waals surface area contributed by atoms with Crippen LogP contribution in [0.3, 0.4) is 0 Å². The van der Waals surface area contributed by atoms with E-state index in [4.69, 9.17) is 0 Å². The Kier molecular flexibility index (Phi) is 6.29. The van der Waals surface area contributed by atoms with Gasteiger partial charge in [-0.1, -0.05) is 13.8 Å². The number of piperidine rings is 1. The first-order valence-electron chi connectivity index (χ1n) is 11.9. The smallest absolute Gasteiger partial charge is 0.225 e. The Morgan fingerprint density at radius 1 is 1.06 bits per heavy atom. The van der Waals surface area contributed by atoms with Gasteiger partial charge >= 0.3 is 0 Å². The lowest BCUT2D eigenvalue weighted by Gasteiger charge is -2.31. The Bertz CT molecular complexity index is 1490. The minimum absolute atomic E-state index is 0.0362. The molecule has 1 N–H and O–H groups in total. The Morgan fingerprint density at radius 2 is 1.78 bits per heavy atom. The lowest BCUT2D eigenvalue weighted by molar-refractivity contribution is 0.477. The average molecular weight is 508 g/mol. The van der Waals surface area contributed by atoms with Crippen LogP contribution >= 0.6 is 0 Å². The summed E-state index contributed by atoms with van der Waals surface area (Å²) in [5, 5.41) is 12.2. The zero-order valence-corrected chi connectivity index (χ0v) is 21.6. The summed E-state index contributed by atoms with van der Waals surface area (Å²) in [5.74, 6) is 2.86. The zero-order valence-electron chi connectivity index (χ0n) is 20.7. The third-order valence-corrected chi connectivity index (χ3v) is 7.50. The van der Waals surface area contributed by atoms with E-state index in [1.165, 1.54) is 6.07 Å². The van der Waals surface area contributed by atoms with Crippen LogP contribution in [0.4, 0.5) is 17.5 Å². The monoisotopic (exact) mass is 507 g/mol. The van der Waals surface area contributed by atoms with Gasteiger partial charge in [0, 0.05) is 50.1 Å². The van der Waals surface area contributed by atoms with E-state index < -0.39 is 9.84 Å². The third kappa shape index (κ3) is 4.72. The van der Waals surface area contributed by atoms with Crippen LogP contribution in [0, 0.1) is 6.92 Å². The molecule has 0 unspecified atom stereocenters. The molecule has 1 fully saturated rings. The summed E-state index contributed by atoms with van der Waals surface area (Å²) in [6, 6.07) is 3.17. The van der Waals surface area contributed by atoms with Crippen LogP contribution in [-0.2, 0) is 9.84 Å². The quantitative estimate of drug-likeness (QED) is 0.415. The number of aryl methyl sites for hydroxylation is 1. The van der Waals surface area contributed by atoms with Crippen LogP contribution in [0.2, 0.25) is 0 Å². The zero-order chi connectivity index (χ0) is 25.4. The standard InChI is InChI=1S/C24H29N9O2S/c1-15(2)18-13-26-24(27-14-18)32-10-7-17(8-11-32)22-30-31-23-21(25-9-12-33(22)23)29-19-5-6-20(28-16(19)3)36(4,34)35/h5-6,9,12-15,17H,7-8,10-11H2,1-4H3,(H,25,29). The second-order valence-electron chi connectivity index (χ2n) is 9.44. The fraction of sp³-hybridized carbons (Fsp3) is 0.417. The number of nitrogens with zero attached hydrogens (tertiary/aromatic N) is 8. The molecular formula is C24H29N9O2S. The molecule has 12 heteroatoms. The first-order valence-corrected chi connectivity index (χ1v) is 13.8. The van der Waals surface area contributed by atoms with E-state index >= 15 is 0 Å². The maximum absolute atomic E-state index is 11.8. The summed E-state index contributed by atoms with van der Waals surface area (Å²) in [6.45, 7) is 7.70. The Labute approximate surface area is 210 Å². The van der Waals surface area contributed by atoms with Gasteiger partial charge in [0.15, 0.2) is 20.7 Å². The van der Waals surface area contributed by atoms with Gasteiger partial charge in [-0.15, -0.1) is 10.2 Å². The summed E-state index contributed by atoms with van der Waals surface area (Å²) >= 11 is 0. The molecule has 0 radical (unpaired) electrons. The lowest BCUT2D eigenvalue weighted by Crippen LogP contribution is -2.34. The van der Waals surface area contributed by atoms with Gasteiger partial charge in [0.2, 0.25) is 11.6 Å². The third-order valence-electron chi connectivity index (χ3n) is 6.51. The highest BCUT2D eigenvalue weighted by atomic mass is 32.2. The minimum Gasteiger partial charge on any atom is -0.341 e. The molecule has 0 bridgehead atoms. The fourth-order valence-corrected chi connectivity index (χ4v) is 4.96. The highest BCUT2D eigenvalue weighted by Crippen LogP contribution is 2.30. The maximum Gasteiger partial charge on any atom is 0.225 e. The first-order chi connectivity index (χ1) is 17.2. The molecule has 0 aromatic carbocycles. The Morgan fingerprint density at radius 3 is 2.42 bits per heavy atom. The van der Waals surface area contributed by atoms with E-state index in [9.17, 15) is 8.42 Å². The van der Waals surface area contributed by atoms with E-state index in [1.54, 1.807) is 19.2 Å². The molecular weight excluding hydrogens is 478 g/mol. The van der Waals surface area contributed by atoms with E-state index in [-0.39, 0.29) is 10.9 Å². The number of anilines is 3. The lowest BCUT2D eigenvalue weighted by atomic mass is 9.96. The molecule has 0 atom stereocenters. The molecule has 5 heterocycles. The van der Waals surface area contributed by atoms with Crippen molar-refractivity contribution in [3.8, 4) is 0 Å². The molecule has 1 aliphatic rings. The second kappa shape index (κ2) is 9.41. The maximum atomic E-state index is 11.8. The van der Waals surface area contributed by atoms with Crippen molar-refractivity contribution in [2.24, 2.45) is 0 Å². The van der Waals surface area contributed by atoms with Crippen LogP contribution in [0.15, 0.2) is 41.9 Å². The molecule has 0 aliphatic carbocycles. The van der Waals surface area contributed by atoms with Crippen LogP contribution < -0.4 is 10.2 Å². The molecule has 36 heavy (non-hydrogen) atoms. The molecule has 1 saturated heterocycles. The van der Waals surface area contributed by atoms with Gasteiger partial charge in [0.1, 0.15) is 5.82 Å². The molecule has 188 valence electrons. The normalized spacial score (nSPS) is 15.1. The number of pyridine rings is 1. The number of hydrogen-bond donors (Lipinski definition) is 1. The fourth-order valence-electron chi connectivity index (χ4n) is 4.35. The van der Waals surface area contributed by atoms with Gasteiger partial charge < -0.3 is 10.2 Å². The molecule has 11 nitrogen and oxygen atoms in total. The summed E-state index contributed by atoms with van der Waals surface area (Å²) in [7, 11) is -3.38. The topological polar surface area (TPSA) is 131 Å². The number of rotatable bonds is 6. The predicted octanol–water partition coefficient (Wildman–Crippen LogP) is 3.27. The van der Waals surface area contributed by atoms with Crippen molar-refractivity contribution in [2.45, 2.75) is 50.5 Å².